The van der Waals surface area contributed by atoms with Gasteiger partial charge in [0.2, 0.25) is 5.89 Å². The van der Waals surface area contributed by atoms with Crippen molar-refractivity contribution in [1.82, 2.24) is 20.0 Å². The lowest BCUT2D eigenvalue weighted by Crippen LogP contribution is -2.39. The first-order chi connectivity index (χ1) is 11.3. The Balaban J connectivity index is 1.78. The Morgan fingerprint density at radius 3 is 2.62 bits per heavy atom. The van der Waals surface area contributed by atoms with E-state index in [0.717, 1.165) is 35.0 Å². The monoisotopic (exact) mass is 348 g/mol. The summed E-state index contributed by atoms with van der Waals surface area (Å²) in [5, 5.41) is 4.87. The van der Waals surface area contributed by atoms with Gasteiger partial charge in [-0.25, -0.2) is 4.98 Å². The van der Waals surface area contributed by atoms with Crippen LogP contribution in [0.3, 0.4) is 0 Å². The summed E-state index contributed by atoms with van der Waals surface area (Å²) in [7, 11) is 0. The maximum Gasteiger partial charge on any atom is 0.265 e. The molecule has 3 rings (SSSR count). The average Bonchev–Trinajstić information content (AvgIpc) is 3.12. The predicted molar refractivity (Wildman–Crippen MR) is 92.5 cm³/mol. The fourth-order valence-corrected chi connectivity index (χ4v) is 3.99. The van der Waals surface area contributed by atoms with E-state index in [9.17, 15) is 4.79 Å². The third-order valence-electron chi connectivity index (χ3n) is 4.23. The molecule has 2 aromatic rings. The molecule has 0 aromatic carbocycles. The molecule has 24 heavy (non-hydrogen) atoms. The highest BCUT2D eigenvalue weighted by Crippen LogP contribution is 2.32. The van der Waals surface area contributed by atoms with E-state index < -0.39 is 0 Å². The Morgan fingerprint density at radius 1 is 1.29 bits per heavy atom. The van der Waals surface area contributed by atoms with Crippen molar-refractivity contribution in [2.24, 2.45) is 0 Å². The van der Waals surface area contributed by atoms with Crippen LogP contribution in [0.1, 0.15) is 71.6 Å². The molecule has 0 aliphatic carbocycles. The summed E-state index contributed by atoms with van der Waals surface area (Å²) in [6, 6.07) is 0. The van der Waals surface area contributed by atoms with Gasteiger partial charge in [-0.3, -0.25) is 4.79 Å². The number of amides is 1. The molecule has 0 saturated carbocycles. The number of rotatable bonds is 2. The molecule has 1 fully saturated rings. The summed E-state index contributed by atoms with van der Waals surface area (Å²) < 4.78 is 5.30. The van der Waals surface area contributed by atoms with Crippen molar-refractivity contribution < 1.29 is 9.32 Å². The number of likely N-dealkylation sites (tertiary alicyclic amines) is 1. The molecule has 130 valence electrons. The zero-order valence-corrected chi connectivity index (χ0v) is 15.7. The largest absolute Gasteiger partial charge is 0.339 e. The number of piperidine rings is 1. The second kappa shape index (κ2) is 6.27. The summed E-state index contributed by atoms with van der Waals surface area (Å²) >= 11 is 1.52. The number of aryl methyl sites for hydroxylation is 2. The molecule has 0 N–H and O–H groups in total. The second-order valence-electron chi connectivity index (χ2n) is 7.45. The topological polar surface area (TPSA) is 72.1 Å². The van der Waals surface area contributed by atoms with Crippen LogP contribution < -0.4 is 0 Å². The molecule has 1 saturated heterocycles. The first-order valence-corrected chi connectivity index (χ1v) is 9.14. The van der Waals surface area contributed by atoms with Crippen LogP contribution in [0, 0.1) is 13.8 Å². The Hall–Kier alpha value is -1.76. The van der Waals surface area contributed by atoms with Gasteiger partial charge in [0.1, 0.15) is 4.88 Å². The van der Waals surface area contributed by atoms with Gasteiger partial charge in [-0.15, -0.1) is 11.3 Å². The lowest BCUT2D eigenvalue weighted by molar-refractivity contribution is 0.0699. The van der Waals surface area contributed by atoms with E-state index in [1.54, 1.807) is 0 Å². The van der Waals surface area contributed by atoms with Crippen molar-refractivity contribution in [2.45, 2.75) is 58.8 Å². The molecular formula is C17H24N4O2S. The lowest BCUT2D eigenvalue weighted by atomic mass is 9.97. The van der Waals surface area contributed by atoms with Crippen LogP contribution >= 0.6 is 11.3 Å². The van der Waals surface area contributed by atoms with Crippen LogP contribution in [0.25, 0.3) is 0 Å². The van der Waals surface area contributed by atoms with Gasteiger partial charge < -0.3 is 9.42 Å². The quantitative estimate of drug-likeness (QED) is 0.831. The molecule has 6 nitrogen and oxygen atoms in total. The van der Waals surface area contributed by atoms with E-state index >= 15 is 0 Å². The molecule has 0 spiro atoms. The molecule has 1 aliphatic heterocycles. The maximum absolute atomic E-state index is 13.0. The van der Waals surface area contributed by atoms with E-state index in [1.165, 1.54) is 11.3 Å². The SMILES string of the molecule is Cc1noc(C2CCCN(C(=O)c3sc(C(C)(C)C)nc3C)C2)n1. The van der Waals surface area contributed by atoms with Crippen molar-refractivity contribution in [1.29, 1.82) is 0 Å². The zero-order valence-electron chi connectivity index (χ0n) is 14.9. The molecule has 1 aliphatic rings. The van der Waals surface area contributed by atoms with Crippen molar-refractivity contribution in [3.05, 3.63) is 27.3 Å². The molecule has 1 unspecified atom stereocenters. The summed E-state index contributed by atoms with van der Waals surface area (Å²) in [5.74, 6) is 1.48. The van der Waals surface area contributed by atoms with Gasteiger partial charge in [0.15, 0.2) is 5.82 Å². The molecular weight excluding hydrogens is 324 g/mol. The van der Waals surface area contributed by atoms with Crippen LogP contribution in [0.15, 0.2) is 4.52 Å². The third kappa shape index (κ3) is 3.36. The highest BCUT2D eigenvalue weighted by atomic mass is 32.1. The summed E-state index contributed by atoms with van der Waals surface area (Å²) in [5.41, 5.74) is 0.783. The second-order valence-corrected chi connectivity index (χ2v) is 8.45. The standard InChI is InChI=1S/C17H24N4O2S/c1-10-13(24-16(18-10)17(3,4)5)15(22)21-8-6-7-12(9-21)14-19-11(2)20-23-14/h12H,6-9H2,1-5H3. The molecule has 0 bridgehead atoms. The number of aromatic nitrogens is 3. The highest BCUT2D eigenvalue weighted by molar-refractivity contribution is 7.14. The number of nitrogens with zero attached hydrogens (tertiary/aromatic N) is 4. The van der Waals surface area contributed by atoms with Gasteiger partial charge in [0, 0.05) is 18.5 Å². The molecule has 3 heterocycles. The number of hydrogen-bond acceptors (Lipinski definition) is 6. The maximum atomic E-state index is 13.0. The van der Waals surface area contributed by atoms with E-state index in [-0.39, 0.29) is 17.2 Å². The van der Waals surface area contributed by atoms with E-state index in [4.69, 9.17) is 4.52 Å². The minimum atomic E-state index is -0.0420. The van der Waals surface area contributed by atoms with Crippen LogP contribution in [0.4, 0.5) is 0 Å². The lowest BCUT2D eigenvalue weighted by Gasteiger charge is -2.30. The fourth-order valence-electron chi connectivity index (χ4n) is 2.90. The summed E-state index contributed by atoms with van der Waals surface area (Å²) in [6.07, 6.45) is 1.92. The smallest absolute Gasteiger partial charge is 0.265 e. The number of carbonyl (C=O) groups excluding carboxylic acids is 1. The van der Waals surface area contributed by atoms with Crippen molar-refractivity contribution in [3.63, 3.8) is 0 Å². The summed E-state index contributed by atoms with van der Waals surface area (Å²) in [4.78, 5) is 24.6. The van der Waals surface area contributed by atoms with E-state index in [2.05, 4.69) is 35.9 Å². The predicted octanol–water partition coefficient (Wildman–Crippen LogP) is 3.46. The Bertz CT molecular complexity index is 744. The van der Waals surface area contributed by atoms with Gasteiger partial charge >= 0.3 is 0 Å². The van der Waals surface area contributed by atoms with Crippen LogP contribution in [-0.4, -0.2) is 39.0 Å². The van der Waals surface area contributed by atoms with Crippen molar-refractivity contribution in [3.8, 4) is 0 Å². The first kappa shape index (κ1) is 17.1. The normalized spacial score (nSPS) is 18.9. The van der Waals surface area contributed by atoms with Gasteiger partial charge in [-0.1, -0.05) is 25.9 Å². The zero-order chi connectivity index (χ0) is 17.5. The fraction of sp³-hybridized carbons (Fsp3) is 0.647. The van der Waals surface area contributed by atoms with E-state index in [0.29, 0.717) is 18.3 Å². The highest BCUT2D eigenvalue weighted by Gasteiger charge is 2.31. The molecule has 1 atom stereocenters. The van der Waals surface area contributed by atoms with Crippen LogP contribution in [-0.2, 0) is 5.41 Å². The number of thiazole rings is 1. The van der Waals surface area contributed by atoms with Gasteiger partial charge in [0.25, 0.3) is 5.91 Å². The first-order valence-electron chi connectivity index (χ1n) is 8.33. The van der Waals surface area contributed by atoms with Gasteiger partial charge in [-0.05, 0) is 26.7 Å². The third-order valence-corrected chi connectivity index (χ3v) is 5.80. The molecule has 7 heteroatoms. The molecule has 1 amide bonds. The average molecular weight is 348 g/mol. The number of hydrogen-bond donors (Lipinski definition) is 0. The van der Waals surface area contributed by atoms with Gasteiger partial charge in [-0.2, -0.15) is 4.98 Å². The van der Waals surface area contributed by atoms with Crippen LogP contribution in [0.5, 0.6) is 0 Å². The van der Waals surface area contributed by atoms with E-state index in [1.807, 2.05) is 18.7 Å². The van der Waals surface area contributed by atoms with Crippen molar-refractivity contribution >= 4 is 17.2 Å². The summed E-state index contributed by atoms with van der Waals surface area (Å²) in [6.45, 7) is 11.5. The van der Waals surface area contributed by atoms with Gasteiger partial charge in [0.05, 0.1) is 16.6 Å². The Morgan fingerprint density at radius 2 is 2.04 bits per heavy atom. The molecule has 0 radical (unpaired) electrons. The Labute approximate surface area is 146 Å². The number of carbonyl (C=O) groups is 1. The Kier molecular flexibility index (Phi) is 4.46. The minimum absolute atomic E-state index is 0.0420. The molecule has 2 aromatic heterocycles. The van der Waals surface area contributed by atoms with Crippen LogP contribution in [0.2, 0.25) is 0 Å². The minimum Gasteiger partial charge on any atom is -0.339 e. The van der Waals surface area contributed by atoms with Crippen molar-refractivity contribution in [2.75, 3.05) is 13.1 Å².